The zero-order valence-electron chi connectivity index (χ0n) is 51.7. The minimum absolute atomic E-state index is 0. The van der Waals surface area contributed by atoms with Crippen molar-refractivity contribution in [3.8, 4) is 11.5 Å². The Morgan fingerprint density at radius 1 is 0.598 bits per heavy atom. The number of benzene rings is 7. The molecule has 0 amide bonds. The Balaban J connectivity index is 0.00000107. The van der Waals surface area contributed by atoms with Crippen LogP contribution in [0.25, 0.3) is 77.1 Å². The molecule has 27 nitrogen and oxygen atoms in total. The summed E-state index contributed by atoms with van der Waals surface area (Å²) in [5.41, 5.74) is 26.3. The first-order valence-corrected chi connectivity index (χ1v) is 28.9. The molecule has 0 atom stereocenters. The molecule has 0 bridgehead atoms. The number of para-hydroxylation sites is 5. The topological polar surface area (TPSA) is 454 Å². The van der Waals surface area contributed by atoms with Crippen LogP contribution in [0.3, 0.4) is 0 Å². The number of carbonyl (C=O) groups is 3. The number of aromatic nitrogens is 12. The van der Waals surface area contributed by atoms with Gasteiger partial charge in [-0.2, -0.15) is 33.9 Å². The van der Waals surface area contributed by atoms with Crippen molar-refractivity contribution in [1.82, 2.24) is 61.0 Å². The third-order valence-electron chi connectivity index (χ3n) is 12.4. The summed E-state index contributed by atoms with van der Waals surface area (Å²) in [6.07, 6.45) is 0.773. The van der Waals surface area contributed by atoms with Crippen molar-refractivity contribution < 1.29 is 101 Å². The number of aromatic carboxylic acids is 1. The van der Waals surface area contributed by atoms with E-state index in [0.717, 1.165) is 83.7 Å². The molecule has 0 aliphatic rings. The predicted octanol–water partition coefficient (Wildman–Crippen LogP) is 6.86. The molecule has 0 aliphatic carbocycles. The molecule has 32 heteroatoms. The van der Waals surface area contributed by atoms with Gasteiger partial charge >= 0.3 is 63.7 Å². The van der Waals surface area contributed by atoms with Crippen LogP contribution >= 0.6 is 0 Å². The second-order valence-corrected chi connectivity index (χ2v) is 19.6. The standard InChI is InChI=1S/C16H14N4.C10H10N2O2.C8H6N2O2.C8H8N2O.C8H6N2O.C8H12N2.C2H6O.Al.FH.Li.Mn.H2O4S.2O.H2.H/c1-9-7-13-14(8-10(9)2)18-16(17-13)15-11-5-3-4-6-12(11)19-20-15;1-2-14-10(13)9-7-5-3-4-6-8(7)11-12-9;11-8(12)7-5-3-1-2-4-6(5)9-10-7;2*11-5-8-6-3-1-2-4-7(6)9-10-8;1-5-3-7(9)8(10)4-6(5)2;1-2-3;;;;;1-5(2,3)4;;;;/h3-8H,1-2H3,(H,17,18)(H,19,20);3-6H,2H2,1H3,(H,11,12);1-4H,(H,9,10)(H,11,12);1-4,11H,5H2,(H,9,10);1-5H,(H,9,10);3-4H,9-10H2,1-2H3;3H,2H2,1H3;;1H;;;(H2,1,2,3,4);;;1H;/q;;;;;;;;;+1;;;;;;-1/i;;;;;;;;;;;;;;1+2;. The Labute approximate surface area is 556 Å². The van der Waals surface area contributed by atoms with E-state index in [1.807, 2.05) is 123 Å². The third-order valence-corrected chi connectivity index (χ3v) is 12.4. The number of imidazole rings is 1. The van der Waals surface area contributed by atoms with Crippen molar-refractivity contribution >= 4 is 123 Å². The van der Waals surface area contributed by atoms with Crippen molar-refractivity contribution in [3.05, 3.63) is 191 Å². The number of rotatable bonds is 6. The zero-order valence-corrected chi connectivity index (χ0v) is 53.8. The summed E-state index contributed by atoms with van der Waals surface area (Å²) in [6.45, 7) is 12.3. The summed E-state index contributed by atoms with van der Waals surface area (Å²) < 4.78 is 53.3. The number of aryl methyl sites for hydroxylation is 4. The van der Waals surface area contributed by atoms with Crippen LogP contribution in [-0.2, 0) is 44.2 Å². The molecule has 92 heavy (non-hydrogen) atoms. The molecule has 15 N–H and O–H groups in total. The van der Waals surface area contributed by atoms with E-state index in [0.29, 0.717) is 34.8 Å². The summed E-state index contributed by atoms with van der Waals surface area (Å²) in [7, 11) is -4.67. The number of esters is 1. The first-order valence-electron chi connectivity index (χ1n) is 26.5. The van der Waals surface area contributed by atoms with E-state index >= 15 is 0 Å². The summed E-state index contributed by atoms with van der Waals surface area (Å²) in [5.74, 6) is -0.583. The fourth-order valence-corrected chi connectivity index (χ4v) is 8.04. The monoisotopic (exact) mass is 1330 g/mol. The number of halogens is 1. The number of nitrogens with zero attached hydrogens (tertiary/aromatic N) is 6. The van der Waals surface area contributed by atoms with Crippen molar-refractivity contribution in [2.75, 3.05) is 24.7 Å². The van der Waals surface area contributed by atoms with Crippen molar-refractivity contribution in [3.63, 3.8) is 0 Å². The fraction of sp³-hybridized carbons (Fsp3) is 0.150. The van der Waals surface area contributed by atoms with Gasteiger partial charge in [0, 0.05) is 52.3 Å². The number of aromatic amines is 6. The van der Waals surface area contributed by atoms with E-state index in [1.165, 1.54) is 22.3 Å². The average Bonchev–Trinajstić information content (AvgIpc) is 1.65. The van der Waals surface area contributed by atoms with Gasteiger partial charge in [0.05, 0.1) is 68.9 Å². The number of nitrogens with one attached hydrogen (secondary N) is 6. The normalized spacial score (nSPS) is 9.93. The van der Waals surface area contributed by atoms with Crippen LogP contribution in [0, 0.1) is 27.7 Å². The minimum atomic E-state index is -4.67. The average molecular weight is 1340 g/mol. The SMILES string of the molecule is CCO.CCOC(=O)c1n[nH]c2ccccc12.Cc1cc(N)c(N)cc1C.Cc1cc2nc(-c3n[nH]c4ccccc34)[nH]c2cc1C.F.O=C(O)c1n[nH]c2ccccc12.O=Cc1[nH]nc2ccccc12.O=S(=O)(O)O.OCc1[nH]nc2ccccc12.[3HH].[Al].[H-].[Li+].[O]=[Mn]=[O]. The van der Waals surface area contributed by atoms with Crippen molar-refractivity contribution in [2.24, 2.45) is 0 Å². The number of aliphatic hydroxyl groups is 2. The number of fused-ring (bicyclic) bond motifs is 6. The van der Waals surface area contributed by atoms with Gasteiger partial charge in [-0.25, -0.2) is 14.6 Å². The van der Waals surface area contributed by atoms with E-state index in [9.17, 15) is 14.4 Å². The van der Waals surface area contributed by atoms with Gasteiger partial charge in [-0.1, -0.05) is 91.0 Å². The van der Waals surface area contributed by atoms with Gasteiger partial charge in [-0.15, -0.1) is 0 Å². The number of hydrogen-bond donors (Lipinski definition) is 13. The first kappa shape index (κ1) is 78.6. The number of ether oxygens (including phenoxy) is 1. The quantitative estimate of drug-likeness (QED) is 0.0266. The predicted molar refractivity (Wildman–Crippen MR) is 344 cm³/mol. The molecule has 0 saturated carbocycles. The van der Waals surface area contributed by atoms with Crippen LogP contribution in [0.1, 0.15) is 76.1 Å². The van der Waals surface area contributed by atoms with Crippen LogP contribution in [0.4, 0.5) is 16.1 Å². The first-order chi connectivity index (χ1) is 42.6. The summed E-state index contributed by atoms with van der Waals surface area (Å²) in [6, 6.07) is 45.9. The Bertz CT molecular complexity index is 4550. The second kappa shape index (κ2) is 38.9. The number of nitrogen functional groups attached to an aromatic ring is 2. The third kappa shape index (κ3) is 22.8. The van der Waals surface area contributed by atoms with Gasteiger partial charge in [0.1, 0.15) is 11.4 Å². The van der Waals surface area contributed by atoms with Gasteiger partial charge in [0.25, 0.3) is 0 Å². The molecular weight excluding hydrogens is 1260 g/mol. The molecule has 7 aromatic carbocycles. The molecule has 0 fully saturated rings. The van der Waals surface area contributed by atoms with Crippen LogP contribution in [0.5, 0.6) is 0 Å². The molecule has 0 aliphatic heterocycles. The Hall–Kier alpha value is -9.46. The molecule has 13 rings (SSSR count). The summed E-state index contributed by atoms with van der Waals surface area (Å²) >= 11 is -1.44. The molecule has 0 saturated heterocycles. The zero-order chi connectivity index (χ0) is 65.2. The fourth-order valence-electron chi connectivity index (χ4n) is 8.04. The van der Waals surface area contributed by atoms with Gasteiger partial charge in [0.15, 0.2) is 23.5 Å². The second-order valence-electron chi connectivity index (χ2n) is 18.5. The number of aldehydes is 1. The van der Waals surface area contributed by atoms with Crippen LogP contribution in [0.15, 0.2) is 146 Å². The maximum atomic E-state index is 11.4. The number of carboxylic acid groups (broad SMARTS) is 1. The van der Waals surface area contributed by atoms with Gasteiger partial charge in [0.2, 0.25) is 0 Å². The molecule has 6 heterocycles. The molecule has 6 aromatic heterocycles. The number of aliphatic hydroxyl groups excluding tert-OH is 2. The summed E-state index contributed by atoms with van der Waals surface area (Å²) in [5, 5.41) is 63.3. The number of anilines is 2. The van der Waals surface area contributed by atoms with Crippen LogP contribution < -0.4 is 30.3 Å². The van der Waals surface area contributed by atoms with Crippen molar-refractivity contribution in [2.45, 2.75) is 48.1 Å². The number of hydrogen-bond acceptors (Lipinski definition) is 18. The van der Waals surface area contributed by atoms with Crippen LogP contribution in [-0.4, -0.2) is 143 Å². The number of H-pyrrole nitrogens is 6. The molecule has 0 unspecified atom stereocenters. The Morgan fingerprint density at radius 3 is 1.50 bits per heavy atom. The van der Waals surface area contributed by atoms with E-state index < -0.39 is 31.2 Å². The van der Waals surface area contributed by atoms with Gasteiger partial charge in [-0.3, -0.25) is 44.1 Å². The van der Waals surface area contributed by atoms with Crippen molar-refractivity contribution in [1.29, 1.82) is 0 Å². The number of carboxylic acids is 1. The van der Waals surface area contributed by atoms with E-state index in [4.69, 9.17) is 56.7 Å². The molecule has 0 spiro atoms. The summed E-state index contributed by atoms with van der Waals surface area (Å²) in [4.78, 5) is 40.5. The van der Waals surface area contributed by atoms with Gasteiger partial charge in [-0.05, 0) is 118 Å². The van der Waals surface area contributed by atoms with E-state index in [1.54, 1.807) is 32.0 Å². The maximum absolute atomic E-state index is 11.4. The molecule has 480 valence electrons. The van der Waals surface area contributed by atoms with E-state index in [2.05, 4.69) is 93.0 Å². The van der Waals surface area contributed by atoms with E-state index in [-0.39, 0.29) is 68.7 Å². The Kier molecular flexibility index (Phi) is 33.3. The van der Waals surface area contributed by atoms with Gasteiger partial charge < -0.3 is 37.9 Å². The van der Waals surface area contributed by atoms with Crippen LogP contribution in [0.2, 0.25) is 0 Å². The molecule has 13 aromatic rings. The molecular formula is C60H68AlFLiMnN14O13S. The Morgan fingerprint density at radius 2 is 1.00 bits per heavy atom. The number of nitrogens with two attached hydrogens (primary N) is 2. The number of carbonyl (C=O) groups excluding carboxylic acids is 2. The molecule has 3 radical (unpaired) electrons.